The van der Waals surface area contributed by atoms with Crippen molar-refractivity contribution in [2.24, 2.45) is 5.73 Å². The molecule has 0 fully saturated rings. The molecular weight excluding hydrogens is 225 g/mol. The lowest BCUT2D eigenvalue weighted by Gasteiger charge is -2.06. The molecule has 0 heterocycles. The van der Waals surface area contributed by atoms with Gasteiger partial charge in [-0.2, -0.15) is 0 Å². The Morgan fingerprint density at radius 3 is 2.59 bits per heavy atom. The van der Waals surface area contributed by atoms with Crippen molar-refractivity contribution in [1.82, 2.24) is 10.9 Å². The summed E-state index contributed by atoms with van der Waals surface area (Å²) in [7, 11) is 0. The first kappa shape index (κ1) is 13.1. The summed E-state index contributed by atoms with van der Waals surface area (Å²) in [4.78, 5) is 22.0. The summed E-state index contributed by atoms with van der Waals surface area (Å²) in [6.45, 7) is -0.190. The van der Waals surface area contributed by atoms with E-state index in [1.807, 2.05) is 0 Å². The van der Waals surface area contributed by atoms with Crippen LogP contribution in [0.3, 0.4) is 0 Å². The maximum atomic E-state index is 12.8. The Labute approximate surface area is 98.2 Å². The van der Waals surface area contributed by atoms with Crippen LogP contribution >= 0.6 is 0 Å². The average molecular weight is 239 g/mol. The van der Waals surface area contributed by atoms with E-state index in [4.69, 9.17) is 5.73 Å². The van der Waals surface area contributed by atoms with Crippen LogP contribution < -0.4 is 16.6 Å². The molecular formula is C11H14FN3O2. The van der Waals surface area contributed by atoms with Crippen molar-refractivity contribution < 1.29 is 14.0 Å². The SMILES string of the molecule is NCC(=O)NNC(=O)CCc1cccc(F)c1. The van der Waals surface area contributed by atoms with Crippen molar-refractivity contribution in [3.05, 3.63) is 35.6 Å². The molecule has 0 saturated carbocycles. The van der Waals surface area contributed by atoms with Crippen molar-refractivity contribution in [2.45, 2.75) is 12.8 Å². The number of hydrogen-bond acceptors (Lipinski definition) is 3. The van der Waals surface area contributed by atoms with E-state index in [1.54, 1.807) is 12.1 Å². The number of hydrazine groups is 1. The topological polar surface area (TPSA) is 84.2 Å². The molecule has 0 aliphatic carbocycles. The highest BCUT2D eigenvalue weighted by atomic mass is 19.1. The molecule has 0 aromatic heterocycles. The summed E-state index contributed by atoms with van der Waals surface area (Å²) in [5, 5.41) is 0. The third-order valence-corrected chi connectivity index (χ3v) is 2.06. The van der Waals surface area contributed by atoms with Crippen molar-refractivity contribution >= 4 is 11.8 Å². The van der Waals surface area contributed by atoms with Crippen LogP contribution in [0.2, 0.25) is 0 Å². The number of amides is 2. The van der Waals surface area contributed by atoms with E-state index in [1.165, 1.54) is 12.1 Å². The van der Waals surface area contributed by atoms with E-state index in [-0.39, 0.29) is 24.7 Å². The van der Waals surface area contributed by atoms with Gasteiger partial charge in [-0.1, -0.05) is 12.1 Å². The third-order valence-electron chi connectivity index (χ3n) is 2.06. The molecule has 0 atom stereocenters. The molecule has 0 bridgehead atoms. The van der Waals surface area contributed by atoms with Crippen LogP contribution in [0.15, 0.2) is 24.3 Å². The van der Waals surface area contributed by atoms with E-state index in [9.17, 15) is 14.0 Å². The second kappa shape index (κ2) is 6.59. The van der Waals surface area contributed by atoms with Crippen molar-refractivity contribution in [2.75, 3.05) is 6.54 Å². The maximum Gasteiger partial charge on any atom is 0.252 e. The van der Waals surface area contributed by atoms with Gasteiger partial charge in [-0.05, 0) is 24.1 Å². The van der Waals surface area contributed by atoms with E-state index in [0.717, 1.165) is 5.56 Å². The molecule has 5 nitrogen and oxygen atoms in total. The zero-order chi connectivity index (χ0) is 12.7. The van der Waals surface area contributed by atoms with Gasteiger partial charge in [0, 0.05) is 6.42 Å². The van der Waals surface area contributed by atoms with E-state index >= 15 is 0 Å². The minimum absolute atomic E-state index is 0.161. The summed E-state index contributed by atoms with van der Waals surface area (Å²) < 4.78 is 12.8. The molecule has 1 rings (SSSR count). The number of aryl methyl sites for hydroxylation is 1. The standard InChI is InChI=1S/C11H14FN3O2/c12-9-3-1-2-8(6-9)4-5-10(16)14-15-11(17)7-13/h1-3,6H,4-5,7,13H2,(H,14,16)(H,15,17). The predicted octanol–water partition coefficient (Wildman–Crippen LogP) is -0.136. The van der Waals surface area contributed by atoms with Gasteiger partial charge in [0.1, 0.15) is 5.82 Å². The average Bonchev–Trinajstić information content (AvgIpc) is 2.33. The highest BCUT2D eigenvalue weighted by Gasteiger charge is 2.04. The van der Waals surface area contributed by atoms with Crippen LogP contribution in [0.1, 0.15) is 12.0 Å². The highest BCUT2D eigenvalue weighted by molar-refractivity contribution is 5.82. The Balaban J connectivity index is 2.31. The lowest BCUT2D eigenvalue weighted by molar-refractivity contribution is -0.128. The van der Waals surface area contributed by atoms with Crippen molar-refractivity contribution in [1.29, 1.82) is 0 Å². The Kier molecular flexibility index (Phi) is 5.09. The van der Waals surface area contributed by atoms with Gasteiger partial charge in [-0.15, -0.1) is 0 Å². The summed E-state index contributed by atoms with van der Waals surface area (Å²) in [6.07, 6.45) is 0.566. The zero-order valence-corrected chi connectivity index (χ0v) is 9.20. The summed E-state index contributed by atoms with van der Waals surface area (Å²) in [6, 6.07) is 6.02. The van der Waals surface area contributed by atoms with E-state index in [2.05, 4.69) is 10.9 Å². The molecule has 92 valence electrons. The number of halogens is 1. The Morgan fingerprint density at radius 1 is 1.24 bits per heavy atom. The largest absolute Gasteiger partial charge is 0.322 e. The van der Waals surface area contributed by atoms with Crippen LogP contribution in [0.5, 0.6) is 0 Å². The fraction of sp³-hybridized carbons (Fsp3) is 0.273. The first-order valence-corrected chi connectivity index (χ1v) is 5.14. The van der Waals surface area contributed by atoms with Crippen LogP contribution in [0, 0.1) is 5.82 Å². The van der Waals surface area contributed by atoms with Crippen LogP contribution in [-0.2, 0) is 16.0 Å². The fourth-order valence-electron chi connectivity index (χ4n) is 1.20. The minimum atomic E-state index is -0.468. The smallest absolute Gasteiger partial charge is 0.252 e. The van der Waals surface area contributed by atoms with Crippen LogP contribution in [0.25, 0.3) is 0 Å². The van der Waals surface area contributed by atoms with Crippen molar-refractivity contribution in [3.8, 4) is 0 Å². The third kappa shape index (κ3) is 5.07. The normalized spacial score (nSPS) is 9.76. The predicted molar refractivity (Wildman–Crippen MR) is 60.1 cm³/mol. The van der Waals surface area contributed by atoms with Gasteiger partial charge in [0.25, 0.3) is 5.91 Å². The highest BCUT2D eigenvalue weighted by Crippen LogP contribution is 2.05. The Bertz CT molecular complexity index is 409. The minimum Gasteiger partial charge on any atom is -0.322 e. The molecule has 1 aromatic rings. The molecule has 4 N–H and O–H groups in total. The Morgan fingerprint density at radius 2 is 1.94 bits per heavy atom. The fourth-order valence-corrected chi connectivity index (χ4v) is 1.20. The molecule has 0 aliphatic heterocycles. The maximum absolute atomic E-state index is 12.8. The molecule has 17 heavy (non-hydrogen) atoms. The number of carbonyl (C=O) groups is 2. The summed E-state index contributed by atoms with van der Waals surface area (Å²) >= 11 is 0. The number of carbonyl (C=O) groups excluding carboxylic acids is 2. The molecule has 2 amide bonds. The molecule has 0 unspecified atom stereocenters. The van der Waals surface area contributed by atoms with Crippen LogP contribution in [-0.4, -0.2) is 18.4 Å². The molecule has 0 spiro atoms. The molecule has 0 saturated heterocycles. The number of nitrogens with one attached hydrogen (secondary N) is 2. The van der Waals surface area contributed by atoms with Crippen LogP contribution in [0.4, 0.5) is 4.39 Å². The first-order chi connectivity index (χ1) is 8.11. The second-order valence-electron chi connectivity index (χ2n) is 3.43. The van der Waals surface area contributed by atoms with Gasteiger partial charge in [0.05, 0.1) is 6.54 Å². The monoisotopic (exact) mass is 239 g/mol. The van der Waals surface area contributed by atoms with Gasteiger partial charge in [-0.25, -0.2) is 4.39 Å². The number of nitrogens with two attached hydrogens (primary N) is 1. The molecule has 6 heteroatoms. The number of hydrogen-bond donors (Lipinski definition) is 3. The molecule has 0 radical (unpaired) electrons. The molecule has 1 aromatic carbocycles. The van der Waals surface area contributed by atoms with Gasteiger partial charge >= 0.3 is 0 Å². The van der Waals surface area contributed by atoms with E-state index in [0.29, 0.717) is 6.42 Å². The number of rotatable bonds is 4. The second-order valence-corrected chi connectivity index (χ2v) is 3.43. The van der Waals surface area contributed by atoms with Gasteiger partial charge in [0.2, 0.25) is 5.91 Å². The first-order valence-electron chi connectivity index (χ1n) is 5.14. The van der Waals surface area contributed by atoms with Crippen molar-refractivity contribution in [3.63, 3.8) is 0 Å². The van der Waals surface area contributed by atoms with Gasteiger partial charge in [-0.3, -0.25) is 20.4 Å². The quantitative estimate of drug-likeness (QED) is 0.640. The lowest BCUT2D eigenvalue weighted by Crippen LogP contribution is -2.44. The van der Waals surface area contributed by atoms with Gasteiger partial charge in [0.15, 0.2) is 0 Å². The summed E-state index contributed by atoms with van der Waals surface area (Å²) in [5.74, 6) is -1.15. The van der Waals surface area contributed by atoms with Gasteiger partial charge < -0.3 is 5.73 Å². The van der Waals surface area contributed by atoms with E-state index < -0.39 is 5.91 Å². The number of benzene rings is 1. The zero-order valence-electron chi connectivity index (χ0n) is 9.20. The summed E-state index contributed by atoms with van der Waals surface area (Å²) in [5.41, 5.74) is 10.1. The molecule has 0 aliphatic rings. The Hall–Kier alpha value is -1.95. The lowest BCUT2D eigenvalue weighted by atomic mass is 10.1.